The number of rotatable bonds is 5. The standard InChI is InChI=1S/C29H24ClF3N6O2/c30-18-13-21(26(36-15-18)29(31,32)33)27(40)37-19-7-5-17(6-8-19)16-38-24-3-1-2-4-25(24)39(28(38)41)20-9-10-22-23(14-20)35-12-11-34-22/h1-4,9-15,17,19H,5-8,16H2,(H,37,40)/t17-,19-. The summed E-state index contributed by atoms with van der Waals surface area (Å²) in [6, 6.07) is 13.8. The monoisotopic (exact) mass is 580 g/mol. The number of nitrogens with one attached hydrogen (secondary N) is 1. The predicted octanol–water partition coefficient (Wildman–Crippen LogP) is 5.79. The number of pyridine rings is 1. The average Bonchev–Trinajstić information content (AvgIpc) is 3.23. The summed E-state index contributed by atoms with van der Waals surface area (Å²) in [7, 11) is 0. The van der Waals surface area contributed by atoms with E-state index in [-0.39, 0.29) is 22.7 Å². The van der Waals surface area contributed by atoms with Crippen LogP contribution in [0.15, 0.2) is 71.9 Å². The smallest absolute Gasteiger partial charge is 0.349 e. The number of nitrogens with zero attached hydrogens (tertiary/aromatic N) is 5. The molecular formula is C29H24ClF3N6O2. The van der Waals surface area contributed by atoms with E-state index in [4.69, 9.17) is 11.6 Å². The third-order valence-corrected chi connectivity index (χ3v) is 7.74. The minimum Gasteiger partial charge on any atom is -0.349 e. The fourth-order valence-electron chi connectivity index (χ4n) is 5.57. The number of amides is 1. The van der Waals surface area contributed by atoms with Crippen LogP contribution in [-0.4, -0.2) is 36.0 Å². The van der Waals surface area contributed by atoms with Gasteiger partial charge in [0.2, 0.25) is 0 Å². The summed E-state index contributed by atoms with van der Waals surface area (Å²) in [5, 5.41) is 2.67. The summed E-state index contributed by atoms with van der Waals surface area (Å²) in [5.41, 5.74) is 1.67. The van der Waals surface area contributed by atoms with Gasteiger partial charge in [0.25, 0.3) is 5.91 Å². The Morgan fingerprint density at radius 1 is 0.951 bits per heavy atom. The molecule has 2 aromatic carbocycles. The molecule has 0 saturated heterocycles. The Hall–Kier alpha value is -4.25. The van der Waals surface area contributed by atoms with E-state index in [1.165, 1.54) is 0 Å². The molecule has 0 spiro atoms. The van der Waals surface area contributed by atoms with Gasteiger partial charge in [-0.2, -0.15) is 13.2 Å². The number of benzene rings is 2. The molecule has 1 aliphatic rings. The van der Waals surface area contributed by atoms with Gasteiger partial charge in [-0.05, 0) is 68.0 Å². The molecule has 5 aromatic rings. The lowest BCUT2D eigenvalue weighted by Gasteiger charge is -2.29. The zero-order valence-electron chi connectivity index (χ0n) is 21.6. The summed E-state index contributed by atoms with van der Waals surface area (Å²) >= 11 is 5.83. The van der Waals surface area contributed by atoms with Crippen LogP contribution in [-0.2, 0) is 12.7 Å². The van der Waals surface area contributed by atoms with Gasteiger partial charge in [0.05, 0.1) is 38.3 Å². The fourth-order valence-corrected chi connectivity index (χ4v) is 5.73. The number of hydrogen-bond donors (Lipinski definition) is 1. The van der Waals surface area contributed by atoms with E-state index in [0.717, 1.165) is 28.8 Å². The summed E-state index contributed by atoms with van der Waals surface area (Å²) in [4.78, 5) is 38.5. The van der Waals surface area contributed by atoms with Gasteiger partial charge in [0.1, 0.15) is 0 Å². The maximum absolute atomic E-state index is 13.7. The Morgan fingerprint density at radius 2 is 1.66 bits per heavy atom. The molecule has 1 amide bonds. The number of halogens is 4. The molecule has 1 aliphatic carbocycles. The second kappa shape index (κ2) is 10.6. The number of imidazole rings is 1. The van der Waals surface area contributed by atoms with Gasteiger partial charge in [-0.25, -0.2) is 9.78 Å². The maximum atomic E-state index is 13.7. The van der Waals surface area contributed by atoms with Crippen LogP contribution < -0.4 is 11.0 Å². The predicted molar refractivity (Wildman–Crippen MR) is 148 cm³/mol. The maximum Gasteiger partial charge on any atom is 0.434 e. The number of hydrogen-bond acceptors (Lipinski definition) is 5. The van der Waals surface area contributed by atoms with Crippen LogP contribution in [0.2, 0.25) is 5.02 Å². The number of carbonyl (C=O) groups is 1. The highest BCUT2D eigenvalue weighted by Gasteiger charge is 2.38. The zero-order chi connectivity index (χ0) is 28.7. The van der Waals surface area contributed by atoms with Crippen LogP contribution in [0.4, 0.5) is 13.2 Å². The van der Waals surface area contributed by atoms with Crippen LogP contribution in [0.25, 0.3) is 27.8 Å². The normalized spacial score (nSPS) is 17.7. The Kier molecular flexibility index (Phi) is 6.98. The van der Waals surface area contributed by atoms with Crippen molar-refractivity contribution < 1.29 is 18.0 Å². The van der Waals surface area contributed by atoms with Gasteiger partial charge < -0.3 is 5.32 Å². The molecule has 0 radical (unpaired) electrons. The lowest BCUT2D eigenvalue weighted by Crippen LogP contribution is -2.39. The number of aromatic nitrogens is 5. The highest BCUT2D eigenvalue weighted by Crippen LogP contribution is 2.32. The summed E-state index contributed by atoms with van der Waals surface area (Å²) in [6.07, 6.45) is 1.86. The molecule has 0 unspecified atom stereocenters. The molecule has 3 heterocycles. The van der Waals surface area contributed by atoms with Crippen molar-refractivity contribution in [2.45, 2.75) is 44.4 Å². The first-order chi connectivity index (χ1) is 19.7. The average molecular weight is 581 g/mol. The first kappa shape index (κ1) is 26.9. The van der Waals surface area contributed by atoms with Crippen LogP contribution >= 0.6 is 11.6 Å². The van der Waals surface area contributed by atoms with Crippen LogP contribution in [0.3, 0.4) is 0 Å². The molecule has 6 rings (SSSR count). The summed E-state index contributed by atoms with van der Waals surface area (Å²) in [6.45, 7) is 0.483. The van der Waals surface area contributed by atoms with Crippen molar-refractivity contribution in [2.75, 3.05) is 0 Å². The van der Waals surface area contributed by atoms with Crippen molar-refractivity contribution in [3.8, 4) is 5.69 Å². The number of para-hydroxylation sites is 2. The summed E-state index contributed by atoms with van der Waals surface area (Å²) in [5.74, 6) is -0.698. The van der Waals surface area contributed by atoms with E-state index in [0.29, 0.717) is 43.4 Å². The fraction of sp³-hybridized carbons (Fsp3) is 0.276. The Labute approximate surface area is 236 Å². The second-order valence-electron chi connectivity index (χ2n) is 10.2. The van der Waals surface area contributed by atoms with Crippen molar-refractivity contribution >= 4 is 39.6 Å². The van der Waals surface area contributed by atoms with E-state index in [1.54, 1.807) is 21.5 Å². The molecule has 1 saturated carbocycles. The van der Waals surface area contributed by atoms with Gasteiger partial charge in [0.15, 0.2) is 5.69 Å². The Bertz CT molecular complexity index is 1830. The molecule has 3 aromatic heterocycles. The van der Waals surface area contributed by atoms with Crippen molar-refractivity contribution in [1.82, 2.24) is 29.4 Å². The SMILES string of the molecule is O=C(N[C@H]1CC[C@H](Cn2c(=O)n(-c3ccc4nccnc4c3)c3ccccc32)CC1)c1cc(Cl)cnc1C(F)(F)F. The lowest BCUT2D eigenvalue weighted by molar-refractivity contribution is -0.141. The lowest BCUT2D eigenvalue weighted by atomic mass is 9.85. The molecule has 1 N–H and O–H groups in total. The van der Waals surface area contributed by atoms with Crippen LogP contribution in [0.5, 0.6) is 0 Å². The van der Waals surface area contributed by atoms with E-state index in [1.807, 2.05) is 42.5 Å². The van der Waals surface area contributed by atoms with Crippen molar-refractivity contribution in [1.29, 1.82) is 0 Å². The van der Waals surface area contributed by atoms with Crippen LogP contribution in [0.1, 0.15) is 41.7 Å². The first-order valence-electron chi connectivity index (χ1n) is 13.1. The van der Waals surface area contributed by atoms with Crippen molar-refractivity contribution in [3.63, 3.8) is 0 Å². The Balaban J connectivity index is 1.19. The summed E-state index contributed by atoms with van der Waals surface area (Å²) < 4.78 is 43.6. The van der Waals surface area contributed by atoms with E-state index in [9.17, 15) is 22.8 Å². The quantitative estimate of drug-likeness (QED) is 0.284. The van der Waals surface area contributed by atoms with Gasteiger partial charge in [0, 0.05) is 31.2 Å². The second-order valence-corrected chi connectivity index (χ2v) is 10.6. The minimum atomic E-state index is -4.78. The van der Waals surface area contributed by atoms with Gasteiger partial charge in [-0.15, -0.1) is 0 Å². The first-order valence-corrected chi connectivity index (χ1v) is 13.5. The molecule has 1 fully saturated rings. The van der Waals surface area contributed by atoms with E-state index >= 15 is 0 Å². The molecule has 210 valence electrons. The number of fused-ring (bicyclic) bond motifs is 2. The van der Waals surface area contributed by atoms with Crippen molar-refractivity contribution in [2.24, 2.45) is 5.92 Å². The molecular weight excluding hydrogens is 557 g/mol. The van der Waals surface area contributed by atoms with E-state index < -0.39 is 23.3 Å². The van der Waals surface area contributed by atoms with Crippen LogP contribution in [0, 0.1) is 5.92 Å². The van der Waals surface area contributed by atoms with Gasteiger partial charge in [-0.3, -0.25) is 23.9 Å². The largest absolute Gasteiger partial charge is 0.434 e. The van der Waals surface area contributed by atoms with Gasteiger partial charge >= 0.3 is 11.9 Å². The number of alkyl halides is 3. The third kappa shape index (κ3) is 5.29. The molecule has 12 heteroatoms. The molecule has 41 heavy (non-hydrogen) atoms. The Morgan fingerprint density at radius 3 is 2.39 bits per heavy atom. The van der Waals surface area contributed by atoms with Crippen molar-refractivity contribution in [3.05, 3.63) is 93.9 Å². The topological polar surface area (TPSA) is 94.7 Å². The number of carbonyl (C=O) groups excluding carboxylic acids is 1. The molecule has 0 aliphatic heterocycles. The molecule has 0 bridgehead atoms. The minimum absolute atomic E-state index is 0.0481. The third-order valence-electron chi connectivity index (χ3n) is 7.54. The molecule has 8 nitrogen and oxygen atoms in total. The highest BCUT2D eigenvalue weighted by atomic mass is 35.5. The highest BCUT2D eigenvalue weighted by molar-refractivity contribution is 6.30. The zero-order valence-corrected chi connectivity index (χ0v) is 22.4. The molecule has 0 atom stereocenters. The van der Waals surface area contributed by atoms with E-state index in [2.05, 4.69) is 20.3 Å². The van der Waals surface area contributed by atoms with Gasteiger partial charge in [-0.1, -0.05) is 23.7 Å².